The number of carbonyl (C=O) groups excluding carboxylic acids is 2. The van der Waals surface area contributed by atoms with Crippen LogP contribution in [0.3, 0.4) is 0 Å². The van der Waals surface area contributed by atoms with Crippen LogP contribution >= 0.6 is 0 Å². The van der Waals surface area contributed by atoms with Gasteiger partial charge in [-0.05, 0) is 12.1 Å². The van der Waals surface area contributed by atoms with Crippen molar-refractivity contribution >= 4 is 11.8 Å². The van der Waals surface area contributed by atoms with E-state index < -0.39 is 11.8 Å². The van der Waals surface area contributed by atoms with Gasteiger partial charge in [-0.3, -0.25) is 9.59 Å². The SMILES string of the molecule is COc1ccc(C(=O)N(C)CC(N)=O)c(O)c1. The Hall–Kier alpha value is -2.24. The van der Waals surface area contributed by atoms with E-state index in [1.807, 2.05) is 0 Å². The Morgan fingerprint density at radius 2 is 2.12 bits per heavy atom. The van der Waals surface area contributed by atoms with Gasteiger partial charge < -0.3 is 20.5 Å². The summed E-state index contributed by atoms with van der Waals surface area (Å²) in [6.45, 7) is -0.204. The highest BCUT2D eigenvalue weighted by Crippen LogP contribution is 2.24. The second-order valence-electron chi connectivity index (χ2n) is 3.51. The Bertz CT molecular complexity index is 445. The van der Waals surface area contributed by atoms with Gasteiger partial charge in [-0.25, -0.2) is 0 Å². The smallest absolute Gasteiger partial charge is 0.257 e. The van der Waals surface area contributed by atoms with E-state index in [2.05, 4.69) is 0 Å². The van der Waals surface area contributed by atoms with Gasteiger partial charge in [0.2, 0.25) is 5.91 Å². The summed E-state index contributed by atoms with van der Waals surface area (Å²) < 4.78 is 4.90. The fourth-order valence-electron chi connectivity index (χ4n) is 1.33. The predicted octanol–water partition coefficient (Wildman–Crippen LogP) is -0.0419. The van der Waals surface area contributed by atoms with E-state index in [1.54, 1.807) is 6.07 Å². The van der Waals surface area contributed by atoms with Crippen LogP contribution in [0.4, 0.5) is 0 Å². The van der Waals surface area contributed by atoms with Crippen molar-refractivity contribution in [1.82, 2.24) is 4.90 Å². The number of ether oxygens (including phenoxy) is 1. The Balaban J connectivity index is 2.92. The molecule has 0 aliphatic carbocycles. The van der Waals surface area contributed by atoms with E-state index in [0.717, 1.165) is 4.90 Å². The standard InChI is InChI=1S/C11H14N2O4/c1-13(6-10(12)15)11(16)8-4-3-7(17-2)5-9(8)14/h3-5,14H,6H2,1-2H3,(H2,12,15). The molecule has 0 atom stereocenters. The lowest BCUT2D eigenvalue weighted by Gasteiger charge is -2.16. The minimum Gasteiger partial charge on any atom is -0.507 e. The van der Waals surface area contributed by atoms with Gasteiger partial charge in [0.1, 0.15) is 11.5 Å². The topological polar surface area (TPSA) is 92.9 Å². The zero-order valence-electron chi connectivity index (χ0n) is 9.64. The number of hydrogen-bond donors (Lipinski definition) is 2. The molecule has 3 N–H and O–H groups in total. The van der Waals surface area contributed by atoms with Gasteiger partial charge in [-0.15, -0.1) is 0 Å². The normalized spacial score (nSPS) is 9.76. The molecule has 0 aliphatic heterocycles. The van der Waals surface area contributed by atoms with Crippen LogP contribution < -0.4 is 10.5 Å². The molecule has 17 heavy (non-hydrogen) atoms. The van der Waals surface area contributed by atoms with Gasteiger partial charge in [0.15, 0.2) is 0 Å². The summed E-state index contributed by atoms with van der Waals surface area (Å²) in [7, 11) is 2.88. The Labute approximate surface area is 98.6 Å². The average molecular weight is 238 g/mol. The first kappa shape index (κ1) is 12.8. The van der Waals surface area contributed by atoms with E-state index >= 15 is 0 Å². The first-order chi connectivity index (χ1) is 7.95. The number of primary amides is 1. The average Bonchev–Trinajstić information content (AvgIpc) is 2.27. The summed E-state index contributed by atoms with van der Waals surface area (Å²) in [5.74, 6) is -0.861. The van der Waals surface area contributed by atoms with Crippen molar-refractivity contribution in [2.24, 2.45) is 5.73 Å². The molecule has 1 aromatic carbocycles. The third-order valence-corrected chi connectivity index (χ3v) is 2.18. The van der Waals surface area contributed by atoms with Crippen LogP contribution in [-0.4, -0.2) is 42.5 Å². The van der Waals surface area contributed by atoms with Gasteiger partial charge >= 0.3 is 0 Å². The quantitative estimate of drug-likeness (QED) is 0.769. The molecule has 6 heteroatoms. The molecule has 2 amide bonds. The summed E-state index contributed by atoms with van der Waals surface area (Å²) >= 11 is 0. The van der Waals surface area contributed by atoms with E-state index in [9.17, 15) is 14.7 Å². The first-order valence-electron chi connectivity index (χ1n) is 4.86. The van der Waals surface area contributed by atoms with Gasteiger partial charge in [-0.2, -0.15) is 0 Å². The van der Waals surface area contributed by atoms with Crippen LogP contribution in [-0.2, 0) is 4.79 Å². The molecule has 0 fully saturated rings. The molecule has 0 unspecified atom stereocenters. The van der Waals surface area contributed by atoms with Crippen molar-refractivity contribution in [3.8, 4) is 11.5 Å². The number of likely N-dealkylation sites (N-methyl/N-ethyl adjacent to an activating group) is 1. The number of nitrogens with two attached hydrogens (primary N) is 1. The summed E-state index contributed by atoms with van der Waals surface area (Å²) in [5, 5.41) is 9.63. The third kappa shape index (κ3) is 3.10. The zero-order valence-corrected chi connectivity index (χ0v) is 9.64. The van der Waals surface area contributed by atoms with Crippen LogP contribution in [0.25, 0.3) is 0 Å². The molecular weight excluding hydrogens is 224 g/mol. The number of methoxy groups -OCH3 is 1. The number of amides is 2. The third-order valence-electron chi connectivity index (χ3n) is 2.18. The van der Waals surface area contributed by atoms with Crippen molar-refractivity contribution in [3.05, 3.63) is 23.8 Å². The maximum atomic E-state index is 11.8. The molecule has 0 bridgehead atoms. The second-order valence-corrected chi connectivity index (χ2v) is 3.51. The van der Waals surface area contributed by atoms with Crippen molar-refractivity contribution in [1.29, 1.82) is 0 Å². The molecule has 0 saturated carbocycles. The molecule has 1 rings (SSSR count). The lowest BCUT2D eigenvalue weighted by molar-refractivity contribution is -0.118. The molecule has 0 saturated heterocycles. The first-order valence-corrected chi connectivity index (χ1v) is 4.86. The second kappa shape index (κ2) is 5.20. The maximum Gasteiger partial charge on any atom is 0.257 e. The number of rotatable bonds is 4. The molecule has 0 aromatic heterocycles. The van der Waals surface area contributed by atoms with Crippen molar-refractivity contribution < 1.29 is 19.4 Å². The highest BCUT2D eigenvalue weighted by molar-refractivity contribution is 5.98. The number of nitrogens with zero attached hydrogens (tertiary/aromatic N) is 1. The highest BCUT2D eigenvalue weighted by atomic mass is 16.5. The van der Waals surface area contributed by atoms with E-state index in [1.165, 1.54) is 26.3 Å². The Kier molecular flexibility index (Phi) is 3.92. The fourth-order valence-corrected chi connectivity index (χ4v) is 1.33. The lowest BCUT2D eigenvalue weighted by Crippen LogP contribution is -2.35. The summed E-state index contributed by atoms with van der Waals surface area (Å²) in [4.78, 5) is 23.6. The maximum absolute atomic E-state index is 11.8. The Morgan fingerprint density at radius 3 is 2.59 bits per heavy atom. The molecule has 0 radical (unpaired) electrons. The molecule has 0 spiro atoms. The molecular formula is C11H14N2O4. The van der Waals surface area contributed by atoms with E-state index in [0.29, 0.717) is 5.75 Å². The van der Waals surface area contributed by atoms with Crippen LogP contribution in [0.15, 0.2) is 18.2 Å². The Morgan fingerprint density at radius 1 is 1.47 bits per heavy atom. The minimum atomic E-state index is -0.617. The lowest BCUT2D eigenvalue weighted by atomic mass is 10.1. The number of hydrogen-bond acceptors (Lipinski definition) is 4. The fraction of sp³-hybridized carbons (Fsp3) is 0.273. The number of carbonyl (C=O) groups is 2. The van der Waals surface area contributed by atoms with Gasteiger partial charge in [0.25, 0.3) is 5.91 Å². The van der Waals surface area contributed by atoms with E-state index in [-0.39, 0.29) is 17.9 Å². The van der Waals surface area contributed by atoms with Gasteiger partial charge in [0, 0.05) is 13.1 Å². The summed E-state index contributed by atoms with van der Waals surface area (Å²) in [5.41, 5.74) is 5.07. The van der Waals surface area contributed by atoms with Crippen molar-refractivity contribution in [2.45, 2.75) is 0 Å². The number of aromatic hydroxyl groups is 1. The van der Waals surface area contributed by atoms with Crippen molar-refractivity contribution in [3.63, 3.8) is 0 Å². The van der Waals surface area contributed by atoms with Gasteiger partial charge in [0.05, 0.1) is 19.2 Å². The highest BCUT2D eigenvalue weighted by Gasteiger charge is 2.17. The van der Waals surface area contributed by atoms with Gasteiger partial charge in [-0.1, -0.05) is 0 Å². The summed E-state index contributed by atoms with van der Waals surface area (Å²) in [6, 6.07) is 4.30. The predicted molar refractivity (Wildman–Crippen MR) is 60.8 cm³/mol. The van der Waals surface area contributed by atoms with Crippen LogP contribution in [0, 0.1) is 0 Å². The van der Waals surface area contributed by atoms with Crippen molar-refractivity contribution in [2.75, 3.05) is 20.7 Å². The summed E-state index contributed by atoms with van der Waals surface area (Å²) in [6.07, 6.45) is 0. The number of phenols is 1. The van der Waals surface area contributed by atoms with Crippen LogP contribution in [0.2, 0.25) is 0 Å². The number of benzene rings is 1. The van der Waals surface area contributed by atoms with Crippen LogP contribution in [0.5, 0.6) is 11.5 Å². The largest absolute Gasteiger partial charge is 0.507 e. The van der Waals surface area contributed by atoms with E-state index in [4.69, 9.17) is 10.5 Å². The minimum absolute atomic E-state index is 0.0922. The molecule has 0 heterocycles. The molecule has 0 aliphatic rings. The molecule has 92 valence electrons. The molecule has 1 aromatic rings. The number of phenolic OH excluding ortho intramolecular Hbond substituents is 1. The molecule has 6 nitrogen and oxygen atoms in total. The monoisotopic (exact) mass is 238 g/mol. The van der Waals surface area contributed by atoms with Crippen LogP contribution in [0.1, 0.15) is 10.4 Å². The zero-order chi connectivity index (χ0) is 13.0.